The minimum atomic E-state index is -0.251. The van der Waals surface area contributed by atoms with E-state index in [-0.39, 0.29) is 17.6 Å². The molecule has 0 aliphatic heterocycles. The molecule has 0 aliphatic carbocycles. The molecule has 2 amide bonds. The highest BCUT2D eigenvalue weighted by molar-refractivity contribution is 6.03. The molecule has 0 saturated carbocycles. The predicted octanol–water partition coefficient (Wildman–Crippen LogP) is 2.24. The van der Waals surface area contributed by atoms with Crippen molar-refractivity contribution in [3.8, 4) is 0 Å². The first-order valence-corrected chi connectivity index (χ1v) is 8.18. The van der Waals surface area contributed by atoms with Crippen molar-refractivity contribution in [3.63, 3.8) is 0 Å². The van der Waals surface area contributed by atoms with Crippen molar-refractivity contribution in [1.82, 2.24) is 19.4 Å². The van der Waals surface area contributed by atoms with Gasteiger partial charge < -0.3 is 19.8 Å². The van der Waals surface area contributed by atoms with Gasteiger partial charge in [-0.15, -0.1) is 0 Å². The third-order valence-electron chi connectivity index (χ3n) is 3.76. The highest BCUT2D eigenvalue weighted by Gasteiger charge is 2.16. The Labute approximate surface area is 142 Å². The molecular weight excluding hydrogens is 306 g/mol. The van der Waals surface area contributed by atoms with Crippen LogP contribution in [0.3, 0.4) is 0 Å². The van der Waals surface area contributed by atoms with Crippen molar-refractivity contribution in [2.45, 2.75) is 33.1 Å². The van der Waals surface area contributed by atoms with Crippen LogP contribution in [0.25, 0.3) is 0 Å². The summed E-state index contributed by atoms with van der Waals surface area (Å²) in [6.07, 6.45) is 6.64. The molecule has 2 N–H and O–H groups in total. The lowest BCUT2D eigenvalue weighted by molar-refractivity contribution is 0.0938. The minimum absolute atomic E-state index is 0.233. The number of carbonyl (C=O) groups is 2. The van der Waals surface area contributed by atoms with Gasteiger partial charge in [0.1, 0.15) is 5.69 Å². The molecule has 130 valence electrons. The predicted molar refractivity (Wildman–Crippen MR) is 93.2 cm³/mol. The van der Waals surface area contributed by atoms with Gasteiger partial charge in [-0.05, 0) is 25.0 Å². The fourth-order valence-corrected chi connectivity index (χ4v) is 2.53. The Hall–Kier alpha value is -2.57. The van der Waals surface area contributed by atoms with Crippen LogP contribution >= 0.6 is 0 Å². The number of rotatable bonds is 7. The van der Waals surface area contributed by atoms with Crippen LogP contribution in [0.15, 0.2) is 18.5 Å². The first kappa shape index (κ1) is 17.8. The molecule has 24 heavy (non-hydrogen) atoms. The van der Waals surface area contributed by atoms with E-state index in [0.717, 1.165) is 24.8 Å². The summed E-state index contributed by atoms with van der Waals surface area (Å²) in [6.45, 7) is 4.67. The lowest BCUT2D eigenvalue weighted by Gasteiger charge is -2.04. The molecule has 2 heterocycles. The normalized spacial score (nSPS) is 10.7. The standard InChI is InChI=1S/C17H25N5O2/c1-5-6-7-8-18-17(24)15-19-14(11-22(15)4)20-16(23)13-9-12(2)10-21(13)3/h9-11H,5-8H2,1-4H3,(H,18,24)(H,20,23). The molecule has 0 radical (unpaired) electrons. The summed E-state index contributed by atoms with van der Waals surface area (Å²) in [5.74, 6) is 0.160. The Balaban J connectivity index is 2.01. The van der Waals surface area contributed by atoms with Crippen LogP contribution in [0.2, 0.25) is 0 Å². The van der Waals surface area contributed by atoms with Crippen LogP contribution in [0.4, 0.5) is 5.82 Å². The Morgan fingerprint density at radius 2 is 1.88 bits per heavy atom. The van der Waals surface area contributed by atoms with E-state index >= 15 is 0 Å². The third kappa shape index (κ3) is 4.24. The van der Waals surface area contributed by atoms with E-state index in [1.165, 1.54) is 0 Å². The number of nitrogens with zero attached hydrogens (tertiary/aromatic N) is 3. The second kappa shape index (κ2) is 7.81. The number of hydrogen-bond donors (Lipinski definition) is 2. The highest BCUT2D eigenvalue weighted by Crippen LogP contribution is 2.11. The SMILES string of the molecule is CCCCCNC(=O)c1nc(NC(=O)c2cc(C)cn2C)cn1C. The summed E-state index contributed by atoms with van der Waals surface area (Å²) in [5, 5.41) is 5.58. The summed E-state index contributed by atoms with van der Waals surface area (Å²) in [5.41, 5.74) is 1.56. The van der Waals surface area contributed by atoms with E-state index in [2.05, 4.69) is 22.5 Å². The van der Waals surface area contributed by atoms with E-state index in [9.17, 15) is 9.59 Å². The van der Waals surface area contributed by atoms with E-state index < -0.39 is 0 Å². The van der Waals surface area contributed by atoms with Crippen molar-refractivity contribution < 1.29 is 9.59 Å². The number of unbranched alkanes of at least 4 members (excludes halogenated alkanes) is 2. The molecule has 2 aromatic heterocycles. The number of hydrogen-bond acceptors (Lipinski definition) is 3. The summed E-state index contributed by atoms with van der Waals surface area (Å²) in [6, 6.07) is 1.81. The van der Waals surface area contributed by atoms with Gasteiger partial charge in [0.25, 0.3) is 11.8 Å². The number of nitrogens with one attached hydrogen (secondary N) is 2. The topological polar surface area (TPSA) is 81.0 Å². The summed E-state index contributed by atoms with van der Waals surface area (Å²) >= 11 is 0. The molecular formula is C17H25N5O2. The van der Waals surface area contributed by atoms with Crippen LogP contribution in [-0.4, -0.2) is 32.5 Å². The molecule has 0 spiro atoms. The number of carbonyl (C=O) groups excluding carboxylic acids is 2. The van der Waals surface area contributed by atoms with Crippen molar-refractivity contribution in [3.05, 3.63) is 35.5 Å². The lowest BCUT2D eigenvalue weighted by Crippen LogP contribution is -2.27. The Bertz CT molecular complexity index is 729. The molecule has 7 heteroatoms. The van der Waals surface area contributed by atoms with Gasteiger partial charge in [0.2, 0.25) is 5.82 Å². The molecule has 0 aromatic carbocycles. The number of aromatic nitrogens is 3. The van der Waals surface area contributed by atoms with E-state index in [0.29, 0.717) is 18.1 Å². The van der Waals surface area contributed by atoms with Crippen molar-refractivity contribution >= 4 is 17.6 Å². The molecule has 0 bridgehead atoms. The maximum atomic E-state index is 12.3. The van der Waals surface area contributed by atoms with Gasteiger partial charge in [-0.25, -0.2) is 4.98 Å². The van der Waals surface area contributed by atoms with Crippen molar-refractivity contribution in [2.24, 2.45) is 14.1 Å². The second-order valence-corrected chi connectivity index (χ2v) is 5.99. The monoisotopic (exact) mass is 331 g/mol. The van der Waals surface area contributed by atoms with Crippen molar-refractivity contribution in [1.29, 1.82) is 0 Å². The first-order chi connectivity index (χ1) is 11.4. The first-order valence-electron chi connectivity index (χ1n) is 8.18. The zero-order valence-electron chi connectivity index (χ0n) is 14.7. The lowest BCUT2D eigenvalue weighted by atomic mass is 10.2. The second-order valence-electron chi connectivity index (χ2n) is 5.99. The Kier molecular flexibility index (Phi) is 5.78. The van der Waals surface area contributed by atoms with Crippen LogP contribution in [-0.2, 0) is 14.1 Å². The average molecular weight is 331 g/mol. The molecule has 0 atom stereocenters. The zero-order chi connectivity index (χ0) is 17.7. The number of imidazole rings is 1. The zero-order valence-corrected chi connectivity index (χ0v) is 14.7. The van der Waals surface area contributed by atoms with Gasteiger partial charge in [0.15, 0.2) is 5.82 Å². The van der Waals surface area contributed by atoms with Gasteiger partial charge in [-0.1, -0.05) is 19.8 Å². The minimum Gasteiger partial charge on any atom is -0.349 e. The smallest absolute Gasteiger partial charge is 0.287 e. The summed E-state index contributed by atoms with van der Waals surface area (Å²) in [7, 11) is 3.55. The van der Waals surface area contributed by atoms with Gasteiger partial charge >= 0.3 is 0 Å². The Morgan fingerprint density at radius 3 is 2.50 bits per heavy atom. The molecule has 2 rings (SSSR count). The maximum absolute atomic E-state index is 12.3. The van der Waals surface area contributed by atoms with Gasteiger partial charge in [-0.3, -0.25) is 9.59 Å². The van der Waals surface area contributed by atoms with Crippen LogP contribution < -0.4 is 10.6 Å². The van der Waals surface area contributed by atoms with Crippen molar-refractivity contribution in [2.75, 3.05) is 11.9 Å². The number of amides is 2. The fourth-order valence-electron chi connectivity index (χ4n) is 2.53. The molecule has 0 unspecified atom stereocenters. The quantitative estimate of drug-likeness (QED) is 0.764. The van der Waals surface area contributed by atoms with Crippen LogP contribution in [0.1, 0.15) is 52.9 Å². The molecule has 0 fully saturated rings. The summed E-state index contributed by atoms with van der Waals surface area (Å²) in [4.78, 5) is 28.7. The number of aryl methyl sites for hydroxylation is 3. The fraction of sp³-hybridized carbons (Fsp3) is 0.471. The Morgan fingerprint density at radius 1 is 1.12 bits per heavy atom. The third-order valence-corrected chi connectivity index (χ3v) is 3.76. The van der Waals surface area contributed by atoms with Crippen LogP contribution in [0.5, 0.6) is 0 Å². The largest absolute Gasteiger partial charge is 0.349 e. The van der Waals surface area contributed by atoms with E-state index in [1.54, 1.807) is 28.4 Å². The molecule has 2 aromatic rings. The molecule has 0 saturated heterocycles. The highest BCUT2D eigenvalue weighted by atomic mass is 16.2. The van der Waals surface area contributed by atoms with Gasteiger partial charge in [-0.2, -0.15) is 0 Å². The molecule has 7 nitrogen and oxygen atoms in total. The summed E-state index contributed by atoms with van der Waals surface area (Å²) < 4.78 is 3.37. The van der Waals surface area contributed by atoms with E-state index in [4.69, 9.17) is 0 Å². The maximum Gasteiger partial charge on any atom is 0.287 e. The van der Waals surface area contributed by atoms with E-state index in [1.807, 2.05) is 20.2 Å². The average Bonchev–Trinajstić information content (AvgIpc) is 3.05. The van der Waals surface area contributed by atoms with Gasteiger partial charge in [0, 0.05) is 33.0 Å². The molecule has 0 aliphatic rings. The van der Waals surface area contributed by atoms with Gasteiger partial charge in [0.05, 0.1) is 0 Å². The number of anilines is 1. The van der Waals surface area contributed by atoms with Crippen LogP contribution in [0, 0.1) is 6.92 Å².